The number of hydrogen-bond donors (Lipinski definition) is 0. The molecule has 0 saturated carbocycles. The van der Waals surface area contributed by atoms with Crippen molar-refractivity contribution >= 4 is 15.8 Å². The van der Waals surface area contributed by atoms with Gasteiger partial charge in [-0.05, 0) is 23.6 Å². The van der Waals surface area contributed by atoms with E-state index in [1.165, 1.54) is 13.2 Å². The van der Waals surface area contributed by atoms with Gasteiger partial charge in [-0.3, -0.25) is 0 Å². The highest BCUT2D eigenvalue weighted by molar-refractivity contribution is 7.90. The summed E-state index contributed by atoms with van der Waals surface area (Å²) in [6.07, 6.45) is 1.13. The Morgan fingerprint density at radius 1 is 1.29 bits per heavy atom. The highest BCUT2D eigenvalue weighted by atomic mass is 32.2. The fraction of sp³-hybridized carbons (Fsp3) is 0.417. The summed E-state index contributed by atoms with van der Waals surface area (Å²) in [6, 6.07) is 4.61. The van der Waals surface area contributed by atoms with E-state index >= 15 is 0 Å². The van der Waals surface area contributed by atoms with Crippen LogP contribution < -0.4 is 0 Å². The number of carbonyl (C=O) groups is 1. The second kappa shape index (κ2) is 4.87. The number of esters is 1. The van der Waals surface area contributed by atoms with E-state index in [0.717, 1.165) is 6.26 Å². The molecule has 0 aromatic heterocycles. The van der Waals surface area contributed by atoms with Gasteiger partial charge >= 0.3 is 5.97 Å². The third-order valence-corrected chi connectivity index (χ3v) is 3.61. The number of hydrogen-bond acceptors (Lipinski definition) is 4. The summed E-state index contributed by atoms with van der Waals surface area (Å²) in [5, 5.41) is 0. The molecule has 0 radical (unpaired) electrons. The lowest BCUT2D eigenvalue weighted by molar-refractivity contribution is 0.0600. The Labute approximate surface area is 102 Å². The van der Waals surface area contributed by atoms with Gasteiger partial charge in [0.2, 0.25) is 0 Å². The Kier molecular flexibility index (Phi) is 3.93. The normalized spacial score (nSPS) is 11.6. The molecular formula is C12H16O4S. The van der Waals surface area contributed by atoms with Crippen molar-refractivity contribution in [2.75, 3.05) is 13.4 Å². The first-order valence-electron chi connectivity index (χ1n) is 5.19. The van der Waals surface area contributed by atoms with Gasteiger partial charge in [-0.1, -0.05) is 19.9 Å². The molecule has 0 unspecified atom stereocenters. The van der Waals surface area contributed by atoms with Crippen LogP contribution in [0.3, 0.4) is 0 Å². The largest absolute Gasteiger partial charge is 0.465 e. The molecule has 1 aromatic rings. The summed E-state index contributed by atoms with van der Waals surface area (Å²) in [4.78, 5) is 11.5. The van der Waals surface area contributed by atoms with Crippen molar-refractivity contribution in [1.82, 2.24) is 0 Å². The van der Waals surface area contributed by atoms with E-state index in [-0.39, 0.29) is 16.4 Å². The Morgan fingerprint density at radius 2 is 1.88 bits per heavy atom. The summed E-state index contributed by atoms with van der Waals surface area (Å²) in [5.41, 5.74) is 0.956. The minimum Gasteiger partial charge on any atom is -0.465 e. The van der Waals surface area contributed by atoms with Crippen molar-refractivity contribution in [3.63, 3.8) is 0 Å². The van der Waals surface area contributed by atoms with Gasteiger partial charge in [0, 0.05) is 6.26 Å². The molecule has 0 aliphatic rings. The van der Waals surface area contributed by atoms with Crippen molar-refractivity contribution in [1.29, 1.82) is 0 Å². The van der Waals surface area contributed by atoms with Gasteiger partial charge < -0.3 is 4.74 Å². The topological polar surface area (TPSA) is 60.4 Å². The average molecular weight is 256 g/mol. The van der Waals surface area contributed by atoms with Crippen LogP contribution in [0.5, 0.6) is 0 Å². The Hall–Kier alpha value is -1.36. The Morgan fingerprint density at radius 3 is 2.29 bits per heavy atom. The summed E-state index contributed by atoms with van der Waals surface area (Å²) in [6.45, 7) is 3.81. The van der Waals surface area contributed by atoms with Crippen LogP contribution in [0.15, 0.2) is 23.1 Å². The standard InChI is InChI=1S/C12H16O4S/c1-8(2)10-6-5-9(12(13)16-3)7-11(10)17(4,14)15/h5-8H,1-4H3. The monoisotopic (exact) mass is 256 g/mol. The molecule has 0 atom stereocenters. The maximum atomic E-state index is 11.7. The molecule has 1 rings (SSSR count). The number of benzene rings is 1. The predicted octanol–water partition coefficient (Wildman–Crippen LogP) is 2.00. The van der Waals surface area contributed by atoms with Crippen molar-refractivity contribution in [2.45, 2.75) is 24.7 Å². The van der Waals surface area contributed by atoms with Crippen LogP contribution in [0.2, 0.25) is 0 Å². The molecule has 0 heterocycles. The van der Waals surface area contributed by atoms with Gasteiger partial charge in [0.25, 0.3) is 0 Å². The smallest absolute Gasteiger partial charge is 0.337 e. The van der Waals surface area contributed by atoms with Crippen LogP contribution in [0.4, 0.5) is 0 Å². The lowest BCUT2D eigenvalue weighted by Crippen LogP contribution is -2.08. The van der Waals surface area contributed by atoms with Gasteiger partial charge in [0.1, 0.15) is 0 Å². The third kappa shape index (κ3) is 3.06. The van der Waals surface area contributed by atoms with Crippen LogP contribution in [-0.4, -0.2) is 27.8 Å². The fourth-order valence-corrected chi connectivity index (χ4v) is 2.65. The summed E-state index contributed by atoms with van der Waals surface area (Å²) in [7, 11) is -2.09. The quantitative estimate of drug-likeness (QED) is 0.776. The molecule has 0 saturated heterocycles. The highest BCUT2D eigenvalue weighted by Crippen LogP contribution is 2.25. The predicted molar refractivity (Wildman–Crippen MR) is 65.0 cm³/mol. The number of rotatable bonds is 3. The van der Waals surface area contributed by atoms with Crippen molar-refractivity contribution in [3.05, 3.63) is 29.3 Å². The Balaban J connectivity index is 3.45. The maximum Gasteiger partial charge on any atom is 0.337 e. The van der Waals surface area contributed by atoms with E-state index in [0.29, 0.717) is 5.56 Å². The lowest BCUT2D eigenvalue weighted by Gasteiger charge is -2.12. The van der Waals surface area contributed by atoms with E-state index in [1.807, 2.05) is 13.8 Å². The molecule has 0 aliphatic carbocycles. The van der Waals surface area contributed by atoms with Crippen LogP contribution in [0, 0.1) is 0 Å². The van der Waals surface area contributed by atoms with E-state index in [4.69, 9.17) is 0 Å². The van der Waals surface area contributed by atoms with Crippen LogP contribution in [0.25, 0.3) is 0 Å². The second-order valence-corrected chi connectivity index (χ2v) is 6.16. The van der Waals surface area contributed by atoms with E-state index in [9.17, 15) is 13.2 Å². The molecule has 1 aromatic carbocycles. The minimum atomic E-state index is -3.35. The van der Waals surface area contributed by atoms with Gasteiger partial charge in [-0.15, -0.1) is 0 Å². The van der Waals surface area contributed by atoms with E-state index < -0.39 is 15.8 Å². The first-order valence-corrected chi connectivity index (χ1v) is 7.09. The minimum absolute atomic E-state index is 0.0754. The molecule has 0 N–H and O–H groups in total. The number of methoxy groups -OCH3 is 1. The molecule has 5 heteroatoms. The number of ether oxygens (including phenoxy) is 1. The first kappa shape index (κ1) is 13.7. The molecule has 17 heavy (non-hydrogen) atoms. The van der Waals surface area contributed by atoms with Crippen LogP contribution in [-0.2, 0) is 14.6 Å². The SMILES string of the molecule is COC(=O)c1ccc(C(C)C)c(S(C)(=O)=O)c1. The molecule has 0 aliphatic heterocycles. The van der Waals surface area contributed by atoms with Crippen molar-refractivity contribution in [3.8, 4) is 0 Å². The molecule has 0 amide bonds. The van der Waals surface area contributed by atoms with Crippen molar-refractivity contribution in [2.24, 2.45) is 0 Å². The zero-order valence-electron chi connectivity index (χ0n) is 10.4. The zero-order chi connectivity index (χ0) is 13.2. The molecule has 94 valence electrons. The van der Waals surface area contributed by atoms with Gasteiger partial charge in [0.15, 0.2) is 9.84 Å². The highest BCUT2D eigenvalue weighted by Gasteiger charge is 2.18. The zero-order valence-corrected chi connectivity index (χ0v) is 11.2. The van der Waals surface area contributed by atoms with Gasteiger partial charge in [-0.25, -0.2) is 13.2 Å². The third-order valence-electron chi connectivity index (χ3n) is 2.46. The fourth-order valence-electron chi connectivity index (χ4n) is 1.58. The summed E-state index contributed by atoms with van der Waals surface area (Å²) >= 11 is 0. The van der Waals surface area contributed by atoms with E-state index in [1.54, 1.807) is 12.1 Å². The lowest BCUT2D eigenvalue weighted by atomic mass is 10.0. The molecular weight excluding hydrogens is 240 g/mol. The molecule has 0 bridgehead atoms. The number of carbonyl (C=O) groups excluding carboxylic acids is 1. The second-order valence-electron chi connectivity index (χ2n) is 4.17. The average Bonchev–Trinajstić information content (AvgIpc) is 2.25. The molecule has 4 nitrogen and oxygen atoms in total. The number of sulfone groups is 1. The summed E-state index contributed by atoms with van der Waals surface area (Å²) in [5.74, 6) is -0.461. The van der Waals surface area contributed by atoms with Crippen molar-refractivity contribution < 1.29 is 17.9 Å². The summed E-state index contributed by atoms with van der Waals surface area (Å²) < 4.78 is 27.9. The van der Waals surface area contributed by atoms with E-state index in [2.05, 4.69) is 4.74 Å². The first-order chi connectivity index (χ1) is 7.77. The van der Waals surface area contributed by atoms with Crippen LogP contribution >= 0.6 is 0 Å². The molecule has 0 spiro atoms. The van der Waals surface area contributed by atoms with Gasteiger partial charge in [-0.2, -0.15) is 0 Å². The maximum absolute atomic E-state index is 11.7. The Bertz CT molecular complexity index is 529. The van der Waals surface area contributed by atoms with Crippen LogP contribution in [0.1, 0.15) is 35.7 Å². The molecule has 0 fully saturated rings. The van der Waals surface area contributed by atoms with Gasteiger partial charge in [0.05, 0.1) is 17.6 Å².